The van der Waals surface area contributed by atoms with Gasteiger partial charge in [-0.15, -0.1) is 0 Å². The number of hydrogen-bond donors (Lipinski definition) is 2. The number of guanidine groups is 1. The number of nitrogens with one attached hydrogen (secondary N) is 2. The van der Waals surface area contributed by atoms with Crippen LogP contribution in [0, 0.1) is 6.92 Å². The first-order valence-corrected chi connectivity index (χ1v) is 10.7. The van der Waals surface area contributed by atoms with Crippen LogP contribution >= 0.6 is 0 Å². The summed E-state index contributed by atoms with van der Waals surface area (Å²) in [5.74, 6) is 1.80. The summed E-state index contributed by atoms with van der Waals surface area (Å²) >= 11 is 0. The van der Waals surface area contributed by atoms with Crippen LogP contribution in [-0.2, 0) is 16.1 Å². The highest BCUT2D eigenvalue weighted by molar-refractivity contribution is 5.79. The monoisotopic (exact) mass is 401 g/mol. The van der Waals surface area contributed by atoms with Gasteiger partial charge in [0.1, 0.15) is 5.82 Å². The zero-order valence-corrected chi connectivity index (χ0v) is 18.0. The molecule has 0 saturated carbocycles. The zero-order chi connectivity index (χ0) is 20.9. The Morgan fingerprint density at radius 3 is 2.72 bits per heavy atom. The van der Waals surface area contributed by atoms with E-state index in [0.717, 1.165) is 75.6 Å². The number of fused-ring (bicyclic) bond motifs is 1. The highest BCUT2D eigenvalue weighted by Gasteiger charge is 2.06. The second-order valence-electron chi connectivity index (χ2n) is 7.08. The number of benzene rings is 1. The van der Waals surface area contributed by atoms with Gasteiger partial charge in [0.05, 0.1) is 18.1 Å². The van der Waals surface area contributed by atoms with Crippen LogP contribution in [0.5, 0.6) is 0 Å². The number of esters is 1. The second kappa shape index (κ2) is 12.8. The quantitative estimate of drug-likeness (QED) is 0.247. The molecule has 160 valence electrons. The van der Waals surface area contributed by atoms with Crippen molar-refractivity contribution in [3.63, 3.8) is 0 Å². The molecule has 7 nitrogen and oxygen atoms in total. The first-order chi connectivity index (χ1) is 14.2. The third-order valence-electron chi connectivity index (χ3n) is 4.83. The minimum absolute atomic E-state index is 0.122. The maximum Gasteiger partial charge on any atom is 0.305 e. The number of para-hydroxylation sites is 2. The third kappa shape index (κ3) is 7.75. The summed E-state index contributed by atoms with van der Waals surface area (Å²) in [5, 5.41) is 6.69. The molecule has 0 aliphatic heterocycles. The molecule has 0 aliphatic rings. The average molecular weight is 402 g/mol. The molecule has 0 amide bonds. The largest absolute Gasteiger partial charge is 0.469 e. The minimum atomic E-state index is -0.122. The predicted molar refractivity (Wildman–Crippen MR) is 118 cm³/mol. The van der Waals surface area contributed by atoms with Crippen molar-refractivity contribution in [1.82, 2.24) is 20.2 Å². The van der Waals surface area contributed by atoms with Gasteiger partial charge in [0.25, 0.3) is 0 Å². The number of methoxy groups -OCH3 is 1. The van der Waals surface area contributed by atoms with Gasteiger partial charge in [0, 0.05) is 32.6 Å². The molecule has 0 unspecified atom stereocenters. The predicted octanol–water partition coefficient (Wildman–Crippen LogP) is 3.41. The number of imidazole rings is 1. The van der Waals surface area contributed by atoms with E-state index in [1.807, 2.05) is 6.07 Å². The number of carbonyl (C=O) groups is 1. The fourth-order valence-electron chi connectivity index (χ4n) is 3.30. The Bertz CT molecular complexity index is 785. The van der Waals surface area contributed by atoms with Crippen LogP contribution < -0.4 is 10.6 Å². The molecule has 0 fully saturated rings. The van der Waals surface area contributed by atoms with E-state index < -0.39 is 0 Å². The Morgan fingerprint density at radius 1 is 1.14 bits per heavy atom. The summed E-state index contributed by atoms with van der Waals surface area (Å²) in [7, 11) is 1.44. The highest BCUT2D eigenvalue weighted by Crippen LogP contribution is 2.15. The molecule has 29 heavy (non-hydrogen) atoms. The summed E-state index contributed by atoms with van der Waals surface area (Å²) in [4.78, 5) is 20.4. The van der Waals surface area contributed by atoms with Gasteiger partial charge in [-0.2, -0.15) is 0 Å². The molecule has 2 rings (SSSR count). The van der Waals surface area contributed by atoms with Gasteiger partial charge < -0.3 is 19.9 Å². The van der Waals surface area contributed by atoms with Crippen molar-refractivity contribution in [3.05, 3.63) is 30.1 Å². The lowest BCUT2D eigenvalue weighted by Gasteiger charge is -2.11. The number of aliphatic imine (C=N–C) groups is 1. The first kappa shape index (κ1) is 22.7. The van der Waals surface area contributed by atoms with E-state index in [1.165, 1.54) is 12.6 Å². The molecule has 0 saturated heterocycles. The molecule has 2 N–H and O–H groups in total. The summed E-state index contributed by atoms with van der Waals surface area (Å²) in [6, 6.07) is 8.26. The van der Waals surface area contributed by atoms with Crippen LogP contribution in [-0.4, -0.2) is 48.2 Å². The SMILES string of the molecule is CCNC(=NCCCn1c(C)nc2ccccc21)NCCCCCCC(=O)OC. The normalized spacial score (nSPS) is 11.6. The van der Waals surface area contributed by atoms with Crippen molar-refractivity contribution in [2.24, 2.45) is 4.99 Å². The van der Waals surface area contributed by atoms with Crippen molar-refractivity contribution in [3.8, 4) is 0 Å². The molecular weight excluding hydrogens is 366 g/mol. The molecule has 0 bridgehead atoms. The number of ether oxygens (including phenoxy) is 1. The number of unbranched alkanes of at least 4 members (excludes halogenated alkanes) is 3. The summed E-state index contributed by atoms with van der Waals surface area (Å²) in [6.45, 7) is 7.53. The van der Waals surface area contributed by atoms with E-state index >= 15 is 0 Å². The topological polar surface area (TPSA) is 80.5 Å². The number of aromatic nitrogens is 2. The van der Waals surface area contributed by atoms with Crippen molar-refractivity contribution in [2.45, 2.75) is 58.9 Å². The van der Waals surface area contributed by atoms with Crippen LogP contribution in [0.15, 0.2) is 29.3 Å². The summed E-state index contributed by atoms with van der Waals surface area (Å²) in [5.41, 5.74) is 2.24. The molecule has 1 heterocycles. The molecule has 0 radical (unpaired) electrons. The van der Waals surface area contributed by atoms with E-state index in [4.69, 9.17) is 4.99 Å². The third-order valence-corrected chi connectivity index (χ3v) is 4.83. The van der Waals surface area contributed by atoms with E-state index in [1.54, 1.807) is 0 Å². The van der Waals surface area contributed by atoms with Gasteiger partial charge in [-0.05, 0) is 45.2 Å². The van der Waals surface area contributed by atoms with Gasteiger partial charge in [0.2, 0.25) is 0 Å². The van der Waals surface area contributed by atoms with E-state index in [2.05, 4.69) is 57.0 Å². The minimum Gasteiger partial charge on any atom is -0.469 e. The average Bonchev–Trinajstić information content (AvgIpc) is 3.05. The molecular formula is C22H35N5O2. The smallest absolute Gasteiger partial charge is 0.305 e. The fraction of sp³-hybridized carbons (Fsp3) is 0.591. The molecule has 0 spiro atoms. The second-order valence-corrected chi connectivity index (χ2v) is 7.08. The van der Waals surface area contributed by atoms with E-state index in [-0.39, 0.29) is 5.97 Å². The van der Waals surface area contributed by atoms with Gasteiger partial charge in [0.15, 0.2) is 5.96 Å². The molecule has 1 aromatic carbocycles. The maximum absolute atomic E-state index is 11.1. The molecule has 7 heteroatoms. The molecule has 2 aromatic rings. The number of hydrogen-bond acceptors (Lipinski definition) is 4. The molecule has 0 atom stereocenters. The van der Waals surface area contributed by atoms with Crippen molar-refractivity contribution < 1.29 is 9.53 Å². The molecule has 0 aliphatic carbocycles. The number of rotatable bonds is 12. The number of nitrogens with zero attached hydrogens (tertiary/aromatic N) is 3. The van der Waals surface area contributed by atoms with Gasteiger partial charge >= 0.3 is 5.97 Å². The zero-order valence-electron chi connectivity index (χ0n) is 18.0. The van der Waals surface area contributed by atoms with Gasteiger partial charge in [-0.25, -0.2) is 4.98 Å². The standard InChI is InChI=1S/C22H35N5O2/c1-4-23-22(24-15-10-6-5-7-14-21(28)29-3)25-16-11-17-27-18(2)26-19-12-8-9-13-20(19)27/h8-9,12-13H,4-7,10-11,14-17H2,1-3H3,(H2,23,24,25). The summed E-state index contributed by atoms with van der Waals surface area (Å²) in [6.07, 6.45) is 5.57. The van der Waals surface area contributed by atoms with Crippen molar-refractivity contribution >= 4 is 23.0 Å². The number of carbonyl (C=O) groups excluding carboxylic acids is 1. The maximum atomic E-state index is 11.1. The Hall–Kier alpha value is -2.57. The fourth-order valence-corrected chi connectivity index (χ4v) is 3.30. The molecule has 1 aromatic heterocycles. The Kier molecular flexibility index (Phi) is 10.0. The van der Waals surface area contributed by atoms with Gasteiger partial charge in [-0.1, -0.05) is 25.0 Å². The lowest BCUT2D eigenvalue weighted by Crippen LogP contribution is -2.37. The van der Waals surface area contributed by atoms with Crippen LogP contribution in [0.25, 0.3) is 11.0 Å². The van der Waals surface area contributed by atoms with Crippen LogP contribution in [0.3, 0.4) is 0 Å². The summed E-state index contributed by atoms with van der Waals surface area (Å²) < 4.78 is 6.92. The lowest BCUT2D eigenvalue weighted by molar-refractivity contribution is -0.140. The first-order valence-electron chi connectivity index (χ1n) is 10.7. The van der Waals surface area contributed by atoms with Crippen LogP contribution in [0.4, 0.5) is 0 Å². The Morgan fingerprint density at radius 2 is 1.93 bits per heavy atom. The van der Waals surface area contributed by atoms with Crippen molar-refractivity contribution in [1.29, 1.82) is 0 Å². The van der Waals surface area contributed by atoms with Crippen molar-refractivity contribution in [2.75, 3.05) is 26.7 Å². The van der Waals surface area contributed by atoms with Gasteiger partial charge in [-0.3, -0.25) is 9.79 Å². The Labute approximate surface area is 173 Å². The van der Waals surface area contributed by atoms with E-state index in [0.29, 0.717) is 6.42 Å². The lowest BCUT2D eigenvalue weighted by atomic mass is 10.1. The Balaban J connectivity index is 1.69. The van der Waals surface area contributed by atoms with E-state index in [9.17, 15) is 4.79 Å². The number of aryl methyl sites for hydroxylation is 2. The van der Waals surface area contributed by atoms with Crippen LogP contribution in [0.2, 0.25) is 0 Å². The highest BCUT2D eigenvalue weighted by atomic mass is 16.5. The van der Waals surface area contributed by atoms with Crippen LogP contribution in [0.1, 0.15) is 51.3 Å².